The highest BCUT2D eigenvalue weighted by Gasteiger charge is 2.16. The molecule has 1 heterocycles. The summed E-state index contributed by atoms with van der Waals surface area (Å²) in [7, 11) is 0. The number of benzene rings is 1. The summed E-state index contributed by atoms with van der Waals surface area (Å²) >= 11 is 0. The first-order valence-corrected chi connectivity index (χ1v) is 5.41. The van der Waals surface area contributed by atoms with E-state index in [1.54, 1.807) is 0 Å². The Balaban J connectivity index is 1.85. The van der Waals surface area contributed by atoms with E-state index in [9.17, 15) is 9.18 Å². The van der Waals surface area contributed by atoms with E-state index in [-0.39, 0.29) is 17.8 Å². The van der Waals surface area contributed by atoms with Gasteiger partial charge in [0.1, 0.15) is 5.82 Å². The first kappa shape index (κ1) is 11.1. The monoisotopic (exact) mass is 223 g/mol. The van der Waals surface area contributed by atoms with Crippen LogP contribution in [0.2, 0.25) is 0 Å². The molecule has 0 spiro atoms. The Morgan fingerprint density at radius 2 is 2.19 bits per heavy atom. The van der Waals surface area contributed by atoms with Crippen molar-refractivity contribution in [2.45, 2.75) is 18.9 Å². The fourth-order valence-corrected chi connectivity index (χ4v) is 1.72. The van der Waals surface area contributed by atoms with Crippen LogP contribution in [0.3, 0.4) is 0 Å². The average molecular weight is 223 g/mol. The Labute approximate surface area is 93.6 Å². The molecule has 1 saturated heterocycles. The summed E-state index contributed by atoms with van der Waals surface area (Å²) in [5.74, 6) is -0.522. The quantitative estimate of drug-likeness (QED) is 0.847. The minimum atomic E-state index is -0.337. The van der Waals surface area contributed by atoms with Gasteiger partial charge in [0.2, 0.25) is 0 Å². The van der Waals surface area contributed by atoms with E-state index >= 15 is 0 Å². The maximum absolute atomic E-state index is 12.6. The van der Waals surface area contributed by atoms with Crippen LogP contribution >= 0.6 is 0 Å². The van der Waals surface area contributed by atoms with Crippen molar-refractivity contribution in [3.63, 3.8) is 0 Å². The molecule has 4 heteroatoms. The molecule has 1 fully saturated rings. The minimum absolute atomic E-state index is 0.129. The van der Waals surface area contributed by atoms with Gasteiger partial charge in [-0.25, -0.2) is 4.39 Å². The zero-order valence-corrected chi connectivity index (χ0v) is 8.91. The Bertz CT molecular complexity index is 358. The summed E-state index contributed by atoms with van der Waals surface area (Å²) in [6.07, 6.45) is 2.17. The second-order valence-corrected chi connectivity index (χ2v) is 3.85. The van der Waals surface area contributed by atoms with Crippen LogP contribution in [-0.2, 0) is 4.74 Å². The highest BCUT2D eigenvalue weighted by molar-refractivity contribution is 5.94. The molecule has 1 aromatic rings. The molecular formula is C12H14FNO2. The number of nitrogens with one attached hydrogen (secondary N) is 1. The lowest BCUT2D eigenvalue weighted by Crippen LogP contribution is -2.31. The van der Waals surface area contributed by atoms with E-state index in [2.05, 4.69) is 5.32 Å². The fourth-order valence-electron chi connectivity index (χ4n) is 1.72. The number of ether oxygens (including phenoxy) is 1. The normalized spacial score (nSPS) is 19.7. The van der Waals surface area contributed by atoms with Gasteiger partial charge in [-0.3, -0.25) is 4.79 Å². The molecule has 0 aromatic heterocycles. The van der Waals surface area contributed by atoms with Crippen LogP contribution in [0.25, 0.3) is 0 Å². The zero-order valence-electron chi connectivity index (χ0n) is 8.91. The van der Waals surface area contributed by atoms with Crippen molar-refractivity contribution in [3.05, 3.63) is 35.6 Å². The van der Waals surface area contributed by atoms with Gasteiger partial charge < -0.3 is 10.1 Å². The Morgan fingerprint density at radius 1 is 1.44 bits per heavy atom. The van der Waals surface area contributed by atoms with E-state index in [0.29, 0.717) is 12.1 Å². The van der Waals surface area contributed by atoms with Crippen LogP contribution in [0.5, 0.6) is 0 Å². The summed E-state index contributed by atoms with van der Waals surface area (Å²) in [6, 6.07) is 5.50. The molecule has 1 atom stereocenters. The third-order valence-corrected chi connectivity index (χ3v) is 2.62. The number of rotatable bonds is 3. The zero-order chi connectivity index (χ0) is 11.4. The van der Waals surface area contributed by atoms with Gasteiger partial charge in [0.15, 0.2) is 0 Å². The van der Waals surface area contributed by atoms with Crippen LogP contribution in [0.15, 0.2) is 24.3 Å². The van der Waals surface area contributed by atoms with E-state index < -0.39 is 0 Å². The lowest BCUT2D eigenvalue weighted by molar-refractivity contribution is 0.0857. The van der Waals surface area contributed by atoms with Gasteiger partial charge >= 0.3 is 0 Å². The van der Waals surface area contributed by atoms with Crippen molar-refractivity contribution in [2.24, 2.45) is 0 Å². The molecule has 0 saturated carbocycles. The van der Waals surface area contributed by atoms with Crippen molar-refractivity contribution >= 4 is 5.91 Å². The van der Waals surface area contributed by atoms with Crippen molar-refractivity contribution < 1.29 is 13.9 Å². The molecule has 0 aliphatic carbocycles. The Kier molecular flexibility index (Phi) is 3.51. The van der Waals surface area contributed by atoms with E-state index in [1.807, 2.05) is 0 Å². The maximum Gasteiger partial charge on any atom is 0.251 e. The highest BCUT2D eigenvalue weighted by Crippen LogP contribution is 2.11. The summed E-state index contributed by atoms with van der Waals surface area (Å²) in [4.78, 5) is 11.6. The predicted octanol–water partition coefficient (Wildman–Crippen LogP) is 1.73. The molecule has 1 amide bonds. The molecule has 1 aromatic carbocycles. The smallest absolute Gasteiger partial charge is 0.251 e. The lowest BCUT2D eigenvalue weighted by Gasteiger charge is -2.10. The van der Waals surface area contributed by atoms with E-state index in [4.69, 9.17) is 4.74 Å². The fraction of sp³-hybridized carbons (Fsp3) is 0.417. The molecule has 0 radical (unpaired) electrons. The third-order valence-electron chi connectivity index (χ3n) is 2.62. The molecule has 1 N–H and O–H groups in total. The molecule has 0 bridgehead atoms. The van der Waals surface area contributed by atoms with Crippen LogP contribution < -0.4 is 5.32 Å². The van der Waals surface area contributed by atoms with Gasteiger partial charge in [-0.2, -0.15) is 0 Å². The average Bonchev–Trinajstić information content (AvgIpc) is 2.80. The largest absolute Gasteiger partial charge is 0.376 e. The van der Waals surface area contributed by atoms with Gasteiger partial charge in [0.25, 0.3) is 5.91 Å². The molecular weight excluding hydrogens is 209 g/mol. The maximum atomic E-state index is 12.6. The number of amides is 1. The molecule has 3 nitrogen and oxygen atoms in total. The number of hydrogen-bond donors (Lipinski definition) is 1. The summed E-state index contributed by atoms with van der Waals surface area (Å²) in [5, 5.41) is 2.77. The molecule has 86 valence electrons. The van der Waals surface area contributed by atoms with Crippen LogP contribution in [-0.4, -0.2) is 25.2 Å². The van der Waals surface area contributed by atoms with Gasteiger partial charge in [0, 0.05) is 18.7 Å². The SMILES string of the molecule is O=C(NC[C@@H]1CCCO1)c1ccc(F)cc1. The predicted molar refractivity (Wildman–Crippen MR) is 57.7 cm³/mol. The number of carbonyl (C=O) groups is 1. The molecule has 1 aliphatic rings. The number of carbonyl (C=O) groups excluding carboxylic acids is 1. The second-order valence-electron chi connectivity index (χ2n) is 3.85. The van der Waals surface area contributed by atoms with Gasteiger partial charge in [-0.05, 0) is 37.1 Å². The summed E-state index contributed by atoms with van der Waals surface area (Å²) in [6.45, 7) is 1.30. The van der Waals surface area contributed by atoms with Crippen molar-refractivity contribution in [3.8, 4) is 0 Å². The third kappa shape index (κ3) is 2.79. The van der Waals surface area contributed by atoms with Gasteiger partial charge in [0.05, 0.1) is 6.10 Å². The van der Waals surface area contributed by atoms with Gasteiger partial charge in [-0.1, -0.05) is 0 Å². The topological polar surface area (TPSA) is 38.3 Å². The van der Waals surface area contributed by atoms with Crippen LogP contribution in [0.4, 0.5) is 4.39 Å². The van der Waals surface area contributed by atoms with E-state index in [1.165, 1.54) is 24.3 Å². The van der Waals surface area contributed by atoms with Gasteiger partial charge in [-0.15, -0.1) is 0 Å². The molecule has 16 heavy (non-hydrogen) atoms. The Hall–Kier alpha value is -1.42. The summed E-state index contributed by atoms with van der Waals surface area (Å²) < 4.78 is 18.0. The van der Waals surface area contributed by atoms with Crippen molar-refractivity contribution in [1.82, 2.24) is 5.32 Å². The standard InChI is InChI=1S/C12H14FNO2/c13-10-5-3-9(4-6-10)12(15)14-8-11-2-1-7-16-11/h3-6,11H,1-2,7-8H2,(H,14,15)/t11-/m0/s1. The van der Waals surface area contributed by atoms with Crippen molar-refractivity contribution in [2.75, 3.05) is 13.2 Å². The molecule has 1 aliphatic heterocycles. The van der Waals surface area contributed by atoms with E-state index in [0.717, 1.165) is 19.4 Å². The Morgan fingerprint density at radius 3 is 2.81 bits per heavy atom. The van der Waals surface area contributed by atoms with Crippen molar-refractivity contribution in [1.29, 1.82) is 0 Å². The highest BCUT2D eigenvalue weighted by atomic mass is 19.1. The first-order valence-electron chi connectivity index (χ1n) is 5.41. The number of halogens is 1. The molecule has 2 rings (SSSR count). The van der Waals surface area contributed by atoms with Crippen LogP contribution in [0, 0.1) is 5.82 Å². The number of hydrogen-bond acceptors (Lipinski definition) is 2. The lowest BCUT2D eigenvalue weighted by atomic mass is 10.2. The summed E-state index contributed by atoms with van der Waals surface area (Å²) in [5.41, 5.74) is 0.472. The first-order chi connectivity index (χ1) is 7.75. The van der Waals surface area contributed by atoms with Crippen LogP contribution in [0.1, 0.15) is 23.2 Å². The second kappa shape index (κ2) is 5.07. The molecule has 0 unspecified atom stereocenters. The minimum Gasteiger partial charge on any atom is -0.376 e.